The van der Waals surface area contributed by atoms with Gasteiger partial charge in [-0.2, -0.15) is 0 Å². The van der Waals surface area contributed by atoms with E-state index in [-0.39, 0.29) is 5.91 Å². The van der Waals surface area contributed by atoms with Crippen LogP contribution in [0.25, 0.3) is 10.8 Å². The van der Waals surface area contributed by atoms with Crippen LogP contribution in [0.5, 0.6) is 0 Å². The number of carbonyl (C=O) groups is 1. The maximum Gasteiger partial charge on any atom is 0.228 e. The van der Waals surface area contributed by atoms with Crippen molar-refractivity contribution >= 4 is 28.1 Å². The Bertz CT molecular complexity index is 923. The molecule has 3 aromatic carbocycles. The van der Waals surface area contributed by atoms with Gasteiger partial charge >= 0.3 is 0 Å². The monoisotopic (exact) mass is 360 g/mol. The lowest BCUT2D eigenvalue weighted by atomic mass is 10.0. The third-order valence-electron chi connectivity index (χ3n) is 5.36. The van der Waals surface area contributed by atoms with Gasteiger partial charge in [-0.05, 0) is 40.6 Å². The van der Waals surface area contributed by atoms with Gasteiger partial charge < -0.3 is 15.1 Å². The van der Waals surface area contributed by atoms with Gasteiger partial charge in [0.1, 0.15) is 0 Å². The zero-order valence-electron chi connectivity index (χ0n) is 15.7. The topological polar surface area (TPSA) is 36.8 Å². The number of nitrogens with one attached hydrogen (secondary N) is 2. The second kappa shape index (κ2) is 7.80. The fourth-order valence-electron chi connectivity index (χ4n) is 3.73. The summed E-state index contributed by atoms with van der Waals surface area (Å²) >= 11 is 0. The van der Waals surface area contributed by atoms with E-state index >= 15 is 0 Å². The number of benzene rings is 3. The number of hydrogen-bond donors (Lipinski definition) is 2. The standard InChI is InChI=1S/C23H25N3O/c1-25-13-15-26(16-14-25)21-11-9-20(10-12-21)24-23(27)17-19-7-4-6-18-5-2-3-8-22(18)19/h2-12H,13-17H2,1H3,(H,24,27)/p+1. The Kier molecular flexibility index (Phi) is 5.07. The lowest BCUT2D eigenvalue weighted by Crippen LogP contribution is -3.12. The molecule has 0 atom stereocenters. The first-order valence-electron chi connectivity index (χ1n) is 9.62. The minimum atomic E-state index is 0.0160. The maximum absolute atomic E-state index is 12.5. The van der Waals surface area contributed by atoms with Crippen LogP contribution in [-0.2, 0) is 11.2 Å². The summed E-state index contributed by atoms with van der Waals surface area (Å²) in [7, 11) is 2.24. The Morgan fingerprint density at radius 2 is 1.67 bits per heavy atom. The van der Waals surface area contributed by atoms with Crippen LogP contribution in [0.1, 0.15) is 5.56 Å². The first-order valence-corrected chi connectivity index (χ1v) is 9.62. The third-order valence-corrected chi connectivity index (χ3v) is 5.36. The molecule has 27 heavy (non-hydrogen) atoms. The van der Waals surface area contributed by atoms with Gasteiger partial charge in [0.15, 0.2) is 0 Å². The molecule has 1 aliphatic heterocycles. The van der Waals surface area contributed by atoms with Crippen molar-refractivity contribution in [2.75, 3.05) is 43.4 Å². The molecule has 4 heteroatoms. The van der Waals surface area contributed by atoms with Crippen molar-refractivity contribution in [1.82, 2.24) is 0 Å². The minimum Gasteiger partial charge on any atom is -0.360 e. The molecule has 0 aliphatic carbocycles. The van der Waals surface area contributed by atoms with Crippen LogP contribution < -0.4 is 15.1 Å². The fourth-order valence-corrected chi connectivity index (χ4v) is 3.73. The molecule has 0 radical (unpaired) electrons. The Hall–Kier alpha value is -2.85. The van der Waals surface area contributed by atoms with E-state index in [0.717, 1.165) is 29.7 Å². The van der Waals surface area contributed by atoms with Gasteiger partial charge in [0, 0.05) is 11.4 Å². The summed E-state index contributed by atoms with van der Waals surface area (Å²) in [5, 5.41) is 5.34. The summed E-state index contributed by atoms with van der Waals surface area (Å²) in [4.78, 5) is 16.5. The van der Waals surface area contributed by atoms with Crippen LogP contribution in [0, 0.1) is 0 Å². The van der Waals surface area contributed by atoms with Gasteiger partial charge in [0.05, 0.1) is 39.6 Å². The second-order valence-electron chi connectivity index (χ2n) is 7.35. The molecular formula is C23H26N3O+. The summed E-state index contributed by atoms with van der Waals surface area (Å²) in [5.74, 6) is 0.0160. The van der Waals surface area contributed by atoms with Crippen molar-refractivity contribution in [3.63, 3.8) is 0 Å². The van der Waals surface area contributed by atoms with Crippen molar-refractivity contribution < 1.29 is 9.69 Å². The molecule has 0 aromatic heterocycles. The van der Waals surface area contributed by atoms with Crippen LogP contribution in [-0.4, -0.2) is 39.1 Å². The van der Waals surface area contributed by atoms with Crippen molar-refractivity contribution in [3.8, 4) is 0 Å². The number of hydrogen-bond acceptors (Lipinski definition) is 2. The van der Waals surface area contributed by atoms with Crippen molar-refractivity contribution in [2.24, 2.45) is 0 Å². The number of piperazine rings is 1. The molecule has 0 saturated carbocycles. The number of fused-ring (bicyclic) bond motifs is 1. The molecule has 0 unspecified atom stereocenters. The first-order chi connectivity index (χ1) is 13.2. The van der Waals surface area contributed by atoms with Gasteiger partial charge in [-0.15, -0.1) is 0 Å². The Balaban J connectivity index is 1.41. The van der Waals surface area contributed by atoms with E-state index < -0.39 is 0 Å². The molecule has 0 spiro atoms. The predicted octanol–water partition coefficient (Wildman–Crippen LogP) is 2.36. The molecule has 4 rings (SSSR count). The summed E-state index contributed by atoms with van der Waals surface area (Å²) in [6, 6.07) is 22.5. The molecule has 3 aromatic rings. The maximum atomic E-state index is 12.5. The molecule has 1 heterocycles. The summed E-state index contributed by atoms with van der Waals surface area (Å²) in [6.07, 6.45) is 0.379. The van der Waals surface area contributed by atoms with Crippen molar-refractivity contribution in [2.45, 2.75) is 6.42 Å². The van der Waals surface area contributed by atoms with Crippen molar-refractivity contribution in [1.29, 1.82) is 0 Å². The van der Waals surface area contributed by atoms with E-state index in [1.54, 1.807) is 4.90 Å². The average molecular weight is 360 g/mol. The third kappa shape index (κ3) is 4.12. The quantitative estimate of drug-likeness (QED) is 0.749. The van der Waals surface area contributed by atoms with Crippen LogP contribution >= 0.6 is 0 Å². The van der Waals surface area contributed by atoms with Gasteiger partial charge in [0.2, 0.25) is 5.91 Å². The number of rotatable bonds is 4. The van der Waals surface area contributed by atoms with E-state index in [0.29, 0.717) is 6.42 Å². The van der Waals surface area contributed by atoms with Gasteiger partial charge in [-0.1, -0.05) is 42.5 Å². The average Bonchev–Trinajstić information content (AvgIpc) is 2.69. The fraction of sp³-hybridized carbons (Fsp3) is 0.261. The van der Waals surface area contributed by atoms with Crippen LogP contribution in [0.15, 0.2) is 66.7 Å². The SMILES string of the molecule is C[NH+]1CCN(c2ccc(NC(=O)Cc3cccc4ccccc34)cc2)CC1. The largest absolute Gasteiger partial charge is 0.360 e. The number of nitrogens with zero attached hydrogens (tertiary/aromatic N) is 1. The zero-order chi connectivity index (χ0) is 18.6. The Morgan fingerprint density at radius 3 is 2.44 bits per heavy atom. The van der Waals surface area contributed by atoms with E-state index in [1.807, 2.05) is 36.4 Å². The summed E-state index contributed by atoms with van der Waals surface area (Å²) in [6.45, 7) is 4.50. The zero-order valence-corrected chi connectivity index (χ0v) is 15.7. The van der Waals surface area contributed by atoms with Crippen LogP contribution in [0.2, 0.25) is 0 Å². The predicted molar refractivity (Wildman–Crippen MR) is 112 cm³/mol. The van der Waals surface area contributed by atoms with Crippen LogP contribution in [0.3, 0.4) is 0 Å². The van der Waals surface area contributed by atoms with Gasteiger partial charge in [0.25, 0.3) is 0 Å². The molecule has 4 nitrogen and oxygen atoms in total. The highest BCUT2D eigenvalue weighted by atomic mass is 16.1. The second-order valence-corrected chi connectivity index (χ2v) is 7.35. The number of carbonyl (C=O) groups excluding carboxylic acids is 1. The number of likely N-dealkylation sites (N-methyl/N-ethyl adjacent to an activating group) is 1. The Labute approximate surface area is 160 Å². The highest BCUT2D eigenvalue weighted by Gasteiger charge is 2.16. The van der Waals surface area contributed by atoms with E-state index in [2.05, 4.69) is 47.6 Å². The summed E-state index contributed by atoms with van der Waals surface area (Å²) < 4.78 is 0. The minimum absolute atomic E-state index is 0.0160. The Morgan fingerprint density at radius 1 is 0.963 bits per heavy atom. The lowest BCUT2D eigenvalue weighted by molar-refractivity contribution is -0.880. The number of quaternary nitrogens is 1. The molecule has 1 saturated heterocycles. The van der Waals surface area contributed by atoms with Gasteiger partial charge in [-0.3, -0.25) is 4.79 Å². The van der Waals surface area contributed by atoms with Crippen molar-refractivity contribution in [3.05, 3.63) is 72.3 Å². The number of amides is 1. The molecule has 1 amide bonds. The molecule has 138 valence electrons. The molecule has 1 aliphatic rings. The first kappa shape index (κ1) is 17.6. The molecule has 1 fully saturated rings. The highest BCUT2D eigenvalue weighted by Crippen LogP contribution is 2.21. The van der Waals surface area contributed by atoms with E-state index in [4.69, 9.17) is 0 Å². The highest BCUT2D eigenvalue weighted by molar-refractivity contribution is 5.96. The normalized spacial score (nSPS) is 15.1. The smallest absolute Gasteiger partial charge is 0.228 e. The van der Waals surface area contributed by atoms with E-state index in [9.17, 15) is 4.79 Å². The number of anilines is 2. The molecular weight excluding hydrogens is 334 g/mol. The lowest BCUT2D eigenvalue weighted by Gasteiger charge is -2.31. The van der Waals surface area contributed by atoms with Crippen LogP contribution in [0.4, 0.5) is 11.4 Å². The van der Waals surface area contributed by atoms with Gasteiger partial charge in [-0.25, -0.2) is 0 Å². The summed E-state index contributed by atoms with van der Waals surface area (Å²) in [5.41, 5.74) is 3.14. The molecule has 2 N–H and O–H groups in total. The molecule has 0 bridgehead atoms. The van der Waals surface area contributed by atoms with E-state index in [1.165, 1.54) is 24.2 Å².